The molecular weight excluding hydrogens is 236 g/mol. The summed E-state index contributed by atoms with van der Waals surface area (Å²) in [5.74, 6) is -0.355. The number of rotatable bonds is 3. The second kappa shape index (κ2) is 6.11. The second-order valence-corrected chi connectivity index (χ2v) is 3.81. The zero-order chi connectivity index (χ0) is 10.7. The van der Waals surface area contributed by atoms with Gasteiger partial charge in [0.2, 0.25) is 0 Å². The topological polar surface area (TPSA) is 26.0 Å². The third kappa shape index (κ3) is 3.82. The van der Waals surface area contributed by atoms with Crippen LogP contribution in [0.2, 0.25) is 5.02 Å². The minimum Gasteiger partial charge on any atom is -0.324 e. The van der Waals surface area contributed by atoms with Crippen LogP contribution in [-0.4, -0.2) is 0 Å². The molecule has 4 heteroatoms. The summed E-state index contributed by atoms with van der Waals surface area (Å²) in [5, 5.41) is 0.374. The maximum atomic E-state index is 13.4. The molecule has 0 unspecified atom stereocenters. The second-order valence-electron chi connectivity index (χ2n) is 3.40. The summed E-state index contributed by atoms with van der Waals surface area (Å²) < 4.78 is 13.4. The van der Waals surface area contributed by atoms with Crippen LogP contribution < -0.4 is 5.73 Å². The van der Waals surface area contributed by atoms with Crippen molar-refractivity contribution in [3.8, 4) is 0 Å². The molecule has 1 aromatic carbocycles. The van der Waals surface area contributed by atoms with E-state index in [9.17, 15) is 4.39 Å². The summed E-state index contributed by atoms with van der Waals surface area (Å²) >= 11 is 5.86. The largest absolute Gasteiger partial charge is 0.324 e. The highest BCUT2D eigenvalue weighted by Crippen LogP contribution is 2.27. The molecule has 0 fully saturated rings. The van der Waals surface area contributed by atoms with Gasteiger partial charge in [0.25, 0.3) is 0 Å². The lowest BCUT2D eigenvalue weighted by Gasteiger charge is -2.14. The number of hydrogen-bond donors (Lipinski definition) is 1. The SMILES string of the molecule is C=C(C)C[C@H](N)c1c(F)cccc1Cl.Cl. The molecule has 1 rings (SSSR count). The van der Waals surface area contributed by atoms with E-state index in [2.05, 4.69) is 6.58 Å². The van der Waals surface area contributed by atoms with E-state index >= 15 is 0 Å². The number of hydrogen-bond acceptors (Lipinski definition) is 1. The fourth-order valence-electron chi connectivity index (χ4n) is 1.34. The van der Waals surface area contributed by atoms with Gasteiger partial charge in [0.05, 0.1) is 0 Å². The first-order chi connectivity index (χ1) is 6.52. The van der Waals surface area contributed by atoms with Crippen LogP contribution >= 0.6 is 24.0 Å². The Bertz CT molecular complexity index is 332. The standard InChI is InChI=1S/C11H13ClFN.ClH/c1-7(2)6-10(14)11-8(12)4-3-5-9(11)13;/h3-5,10H,1,6,14H2,2H3;1H/t10-;/m0./s1. The van der Waals surface area contributed by atoms with Crippen molar-refractivity contribution in [1.29, 1.82) is 0 Å². The van der Waals surface area contributed by atoms with Gasteiger partial charge in [-0.25, -0.2) is 4.39 Å². The van der Waals surface area contributed by atoms with Crippen molar-refractivity contribution in [2.45, 2.75) is 19.4 Å². The van der Waals surface area contributed by atoms with E-state index in [-0.39, 0.29) is 18.2 Å². The number of halogens is 3. The lowest BCUT2D eigenvalue weighted by atomic mass is 10.0. The van der Waals surface area contributed by atoms with Crippen molar-refractivity contribution < 1.29 is 4.39 Å². The van der Waals surface area contributed by atoms with E-state index in [0.29, 0.717) is 17.0 Å². The Kier molecular flexibility index (Phi) is 5.88. The maximum Gasteiger partial charge on any atom is 0.129 e. The average Bonchev–Trinajstić information content (AvgIpc) is 2.01. The van der Waals surface area contributed by atoms with Gasteiger partial charge in [-0.2, -0.15) is 0 Å². The fraction of sp³-hybridized carbons (Fsp3) is 0.273. The first kappa shape index (κ1) is 14.4. The number of benzene rings is 1. The zero-order valence-corrected chi connectivity index (χ0v) is 10.0. The highest BCUT2D eigenvalue weighted by molar-refractivity contribution is 6.31. The monoisotopic (exact) mass is 249 g/mol. The van der Waals surface area contributed by atoms with Crippen molar-refractivity contribution in [2.24, 2.45) is 5.73 Å². The molecule has 84 valence electrons. The van der Waals surface area contributed by atoms with Gasteiger partial charge in [-0.05, 0) is 25.5 Å². The molecule has 15 heavy (non-hydrogen) atoms. The van der Waals surface area contributed by atoms with Crippen LogP contribution in [0.4, 0.5) is 4.39 Å². The summed E-state index contributed by atoms with van der Waals surface area (Å²) in [7, 11) is 0. The molecule has 0 radical (unpaired) electrons. The smallest absolute Gasteiger partial charge is 0.129 e. The third-order valence-electron chi connectivity index (χ3n) is 1.94. The van der Waals surface area contributed by atoms with E-state index in [1.165, 1.54) is 6.07 Å². The van der Waals surface area contributed by atoms with Crippen molar-refractivity contribution in [1.82, 2.24) is 0 Å². The summed E-state index contributed by atoms with van der Waals surface area (Å²) in [6.45, 7) is 5.59. The molecule has 0 aliphatic rings. The van der Waals surface area contributed by atoms with E-state index in [0.717, 1.165) is 5.57 Å². The number of nitrogens with two attached hydrogens (primary N) is 1. The van der Waals surface area contributed by atoms with Gasteiger partial charge in [-0.3, -0.25) is 0 Å². The van der Waals surface area contributed by atoms with Gasteiger partial charge in [0.15, 0.2) is 0 Å². The van der Waals surface area contributed by atoms with Crippen LogP contribution in [0.25, 0.3) is 0 Å². The minimum atomic E-state index is -0.416. The highest BCUT2D eigenvalue weighted by atomic mass is 35.5. The molecule has 0 aromatic heterocycles. The Morgan fingerprint density at radius 2 is 2.20 bits per heavy atom. The van der Waals surface area contributed by atoms with Gasteiger partial charge in [0, 0.05) is 16.6 Å². The van der Waals surface area contributed by atoms with Crippen molar-refractivity contribution in [3.63, 3.8) is 0 Å². The van der Waals surface area contributed by atoms with Crippen LogP contribution in [0.5, 0.6) is 0 Å². The van der Waals surface area contributed by atoms with Crippen LogP contribution in [0, 0.1) is 5.82 Å². The normalized spacial score (nSPS) is 11.7. The van der Waals surface area contributed by atoms with Gasteiger partial charge in [-0.1, -0.05) is 23.2 Å². The molecule has 0 heterocycles. The van der Waals surface area contributed by atoms with Crippen molar-refractivity contribution in [2.75, 3.05) is 0 Å². The molecule has 0 saturated heterocycles. The third-order valence-corrected chi connectivity index (χ3v) is 2.27. The summed E-state index contributed by atoms with van der Waals surface area (Å²) in [5.41, 5.74) is 7.10. The Hall–Kier alpha value is -0.570. The zero-order valence-electron chi connectivity index (χ0n) is 8.47. The molecule has 0 spiro atoms. The summed E-state index contributed by atoms with van der Waals surface area (Å²) in [6.07, 6.45) is 0.542. The average molecular weight is 250 g/mol. The summed E-state index contributed by atoms with van der Waals surface area (Å²) in [4.78, 5) is 0. The molecule has 0 saturated carbocycles. The first-order valence-electron chi connectivity index (χ1n) is 4.36. The van der Waals surface area contributed by atoms with Crippen LogP contribution in [0.3, 0.4) is 0 Å². The van der Waals surface area contributed by atoms with E-state index in [1.807, 2.05) is 6.92 Å². The van der Waals surface area contributed by atoms with Crippen LogP contribution in [0.15, 0.2) is 30.4 Å². The van der Waals surface area contributed by atoms with Gasteiger partial charge in [-0.15, -0.1) is 19.0 Å². The quantitative estimate of drug-likeness (QED) is 0.809. The van der Waals surface area contributed by atoms with E-state index in [4.69, 9.17) is 17.3 Å². The maximum absolute atomic E-state index is 13.4. The summed E-state index contributed by atoms with van der Waals surface area (Å²) in [6, 6.07) is 4.15. The predicted molar refractivity (Wildman–Crippen MR) is 65.0 cm³/mol. The van der Waals surface area contributed by atoms with Crippen LogP contribution in [-0.2, 0) is 0 Å². The van der Waals surface area contributed by atoms with Crippen molar-refractivity contribution >= 4 is 24.0 Å². The predicted octanol–water partition coefficient (Wildman–Crippen LogP) is 3.87. The van der Waals surface area contributed by atoms with E-state index in [1.54, 1.807) is 12.1 Å². The molecule has 0 amide bonds. The molecule has 1 nitrogen and oxygen atoms in total. The lowest BCUT2D eigenvalue weighted by molar-refractivity contribution is 0.580. The minimum absolute atomic E-state index is 0. The molecule has 0 bridgehead atoms. The Balaban J connectivity index is 0.00000196. The van der Waals surface area contributed by atoms with Crippen LogP contribution in [0.1, 0.15) is 24.9 Å². The highest BCUT2D eigenvalue weighted by Gasteiger charge is 2.14. The van der Waals surface area contributed by atoms with Gasteiger partial charge < -0.3 is 5.73 Å². The Labute approximate surface area is 101 Å². The van der Waals surface area contributed by atoms with Gasteiger partial charge >= 0.3 is 0 Å². The first-order valence-corrected chi connectivity index (χ1v) is 4.74. The Morgan fingerprint density at radius 3 is 2.67 bits per heavy atom. The fourth-order valence-corrected chi connectivity index (χ4v) is 1.65. The molecule has 1 atom stereocenters. The molecule has 0 aliphatic carbocycles. The lowest BCUT2D eigenvalue weighted by Crippen LogP contribution is -2.12. The molecule has 1 aromatic rings. The van der Waals surface area contributed by atoms with Gasteiger partial charge in [0.1, 0.15) is 5.82 Å². The molecule has 2 N–H and O–H groups in total. The molecular formula is C11H14Cl2FN. The van der Waals surface area contributed by atoms with Crippen molar-refractivity contribution in [3.05, 3.63) is 46.8 Å². The Morgan fingerprint density at radius 1 is 1.60 bits per heavy atom. The molecule has 0 aliphatic heterocycles. The van der Waals surface area contributed by atoms with E-state index < -0.39 is 6.04 Å².